The van der Waals surface area contributed by atoms with Gasteiger partial charge in [-0.25, -0.2) is 0 Å². The van der Waals surface area contributed by atoms with E-state index in [9.17, 15) is 13.2 Å². The van der Waals surface area contributed by atoms with Crippen LogP contribution in [0.4, 0.5) is 13.2 Å². The first-order chi connectivity index (χ1) is 2.77. The van der Waals surface area contributed by atoms with Crippen LogP contribution in [0.25, 0.3) is 0 Å². The van der Waals surface area contributed by atoms with Gasteiger partial charge < -0.3 is 0 Å². The normalized spacial score (nSPS) is 6.29. The molecule has 4 heteroatoms. The zero-order valence-electron chi connectivity index (χ0n) is 2.71. The van der Waals surface area contributed by atoms with Crippen molar-refractivity contribution in [3.8, 4) is 12.1 Å². The van der Waals surface area contributed by atoms with Crippen LogP contribution in [0, 0.1) is 12.1 Å². The van der Waals surface area contributed by atoms with E-state index in [2.05, 4.69) is 0 Å². The Balaban J connectivity index is 0. The topological polar surface area (TPSA) is 0 Å². The van der Waals surface area contributed by atoms with Gasteiger partial charge in [-0.15, -0.1) is 4.39 Å². The van der Waals surface area contributed by atoms with E-state index in [1.54, 1.807) is 0 Å². The molecule has 0 aliphatic rings. The minimum atomic E-state index is -2.84. The Morgan fingerprint density at radius 3 is 1.71 bits per heavy atom. The fraction of sp³-hybridized carbons (Fsp3) is 0.333. The van der Waals surface area contributed by atoms with Crippen LogP contribution in [0.3, 0.4) is 0 Å². The van der Waals surface area contributed by atoms with Crippen LogP contribution in [0.1, 0.15) is 0 Å². The van der Waals surface area contributed by atoms with Crippen molar-refractivity contribution >= 4 is 18.9 Å². The van der Waals surface area contributed by atoms with Crippen molar-refractivity contribution < 1.29 is 13.2 Å². The predicted molar refractivity (Wildman–Crippen MR) is 22.0 cm³/mol. The number of hydrogen-bond acceptors (Lipinski definition) is 0. The standard InChI is InChI=1S/C3HF3.Li.H/c4-2-1-3(5)6;;/h3H;;. The molecule has 0 nitrogen and oxygen atoms in total. The summed E-state index contributed by atoms with van der Waals surface area (Å²) in [5, 5.41) is 0. The quantitative estimate of drug-likeness (QED) is 0.309. The number of alkyl halides is 2. The molecule has 0 heterocycles. The maximum absolute atomic E-state index is 10.6. The van der Waals surface area contributed by atoms with E-state index in [1.165, 1.54) is 0 Å². The van der Waals surface area contributed by atoms with E-state index < -0.39 is 6.43 Å². The van der Waals surface area contributed by atoms with E-state index in [0.717, 1.165) is 5.92 Å². The van der Waals surface area contributed by atoms with E-state index >= 15 is 0 Å². The van der Waals surface area contributed by atoms with Gasteiger partial charge in [-0.3, -0.25) is 0 Å². The second kappa shape index (κ2) is 5.95. The van der Waals surface area contributed by atoms with Crippen LogP contribution in [-0.2, 0) is 0 Å². The molecule has 0 aliphatic heterocycles. The van der Waals surface area contributed by atoms with Crippen LogP contribution in [0.2, 0.25) is 0 Å². The molecule has 0 radical (unpaired) electrons. The SMILES string of the molecule is FC#CC(F)F.[LiH]. The zero-order chi connectivity index (χ0) is 4.99. The summed E-state index contributed by atoms with van der Waals surface area (Å²) in [5.74, 6) is 0.958. The first kappa shape index (κ1) is 10.0. The van der Waals surface area contributed by atoms with Gasteiger partial charge in [0.1, 0.15) is 6.17 Å². The Kier molecular flexibility index (Phi) is 8.53. The molecule has 0 amide bonds. The number of hydrogen-bond donors (Lipinski definition) is 0. The average Bonchev–Trinajstić information content (AvgIpc) is 1.35. The predicted octanol–water partition coefficient (Wildman–Crippen LogP) is 0.533. The molecular weight excluding hydrogens is 100.0 g/mol. The van der Waals surface area contributed by atoms with E-state index in [1.807, 2.05) is 0 Å². The Labute approximate surface area is 51.3 Å². The zero-order valence-corrected chi connectivity index (χ0v) is 2.71. The average molecular weight is 102 g/mol. The van der Waals surface area contributed by atoms with E-state index in [0.29, 0.717) is 6.17 Å². The third-order valence-electron chi connectivity index (χ3n) is 0.164. The van der Waals surface area contributed by atoms with Crippen molar-refractivity contribution in [3.63, 3.8) is 0 Å². The van der Waals surface area contributed by atoms with Crippen molar-refractivity contribution in [2.45, 2.75) is 6.43 Å². The summed E-state index contributed by atoms with van der Waals surface area (Å²) in [6, 6.07) is 0. The van der Waals surface area contributed by atoms with E-state index in [4.69, 9.17) is 0 Å². The molecule has 0 aromatic rings. The molecule has 0 aliphatic carbocycles. The monoisotopic (exact) mass is 102 g/mol. The molecule has 0 bridgehead atoms. The van der Waals surface area contributed by atoms with Gasteiger partial charge in [0.2, 0.25) is 0 Å². The summed E-state index contributed by atoms with van der Waals surface area (Å²) in [4.78, 5) is 0. The molecule has 0 N–H and O–H groups in total. The summed E-state index contributed by atoms with van der Waals surface area (Å²) >= 11 is 0. The van der Waals surface area contributed by atoms with Crippen LogP contribution in [0.5, 0.6) is 0 Å². The van der Waals surface area contributed by atoms with Crippen LogP contribution < -0.4 is 0 Å². The fourth-order valence-electron chi connectivity index (χ4n) is 0.0412. The molecule has 7 heavy (non-hydrogen) atoms. The third kappa shape index (κ3) is 10.7. The second-order valence-electron chi connectivity index (χ2n) is 0.540. The maximum atomic E-state index is 10.6. The molecule has 0 aromatic carbocycles. The molecule has 0 atom stereocenters. The second-order valence-corrected chi connectivity index (χ2v) is 0.540. The Hall–Kier alpha value is -0.0526. The van der Waals surface area contributed by atoms with Gasteiger partial charge in [-0.05, 0) is 0 Å². The minimum absolute atomic E-state index is 0. The first-order valence-corrected chi connectivity index (χ1v) is 1.16. The first-order valence-electron chi connectivity index (χ1n) is 1.16. The van der Waals surface area contributed by atoms with Crippen LogP contribution in [0.15, 0.2) is 0 Å². The van der Waals surface area contributed by atoms with Gasteiger partial charge in [0.05, 0.1) is 0 Å². The van der Waals surface area contributed by atoms with Crippen molar-refractivity contribution in [2.75, 3.05) is 0 Å². The van der Waals surface area contributed by atoms with Crippen molar-refractivity contribution in [2.24, 2.45) is 0 Å². The van der Waals surface area contributed by atoms with Crippen molar-refractivity contribution in [1.82, 2.24) is 0 Å². The van der Waals surface area contributed by atoms with Gasteiger partial charge in [-0.1, -0.05) is 0 Å². The molecule has 0 spiro atoms. The van der Waals surface area contributed by atoms with Crippen LogP contribution in [-0.4, -0.2) is 25.3 Å². The van der Waals surface area contributed by atoms with Crippen molar-refractivity contribution in [1.29, 1.82) is 0 Å². The summed E-state index contributed by atoms with van der Waals surface area (Å²) in [6.45, 7) is 0. The Bertz CT molecular complexity index is 79.9. The summed E-state index contributed by atoms with van der Waals surface area (Å²) < 4.78 is 31.6. The van der Waals surface area contributed by atoms with Gasteiger partial charge in [0.25, 0.3) is 0 Å². The molecule has 0 fully saturated rings. The summed E-state index contributed by atoms with van der Waals surface area (Å²) in [7, 11) is 0. The van der Waals surface area contributed by atoms with Crippen LogP contribution >= 0.6 is 0 Å². The molecule has 0 rings (SSSR count). The van der Waals surface area contributed by atoms with Crippen molar-refractivity contribution in [3.05, 3.63) is 0 Å². The van der Waals surface area contributed by atoms with Gasteiger partial charge in [0, 0.05) is 5.92 Å². The molecule has 36 valence electrons. The number of halogens is 3. The fourth-order valence-corrected chi connectivity index (χ4v) is 0.0412. The van der Waals surface area contributed by atoms with Gasteiger partial charge in [-0.2, -0.15) is 8.78 Å². The molecule has 0 aromatic heterocycles. The Morgan fingerprint density at radius 1 is 1.29 bits per heavy atom. The van der Waals surface area contributed by atoms with Gasteiger partial charge >= 0.3 is 25.3 Å². The molecule has 0 saturated carbocycles. The molecule has 0 unspecified atom stereocenters. The van der Waals surface area contributed by atoms with E-state index in [-0.39, 0.29) is 18.9 Å². The number of rotatable bonds is 0. The molecule has 0 saturated heterocycles. The van der Waals surface area contributed by atoms with Gasteiger partial charge in [0.15, 0.2) is 0 Å². The summed E-state index contributed by atoms with van der Waals surface area (Å²) in [6.07, 6.45) is -2.27. The molecular formula is C3H2F3Li. The summed E-state index contributed by atoms with van der Waals surface area (Å²) in [5.41, 5.74) is 0. The Morgan fingerprint density at radius 2 is 1.71 bits per heavy atom. The third-order valence-corrected chi connectivity index (χ3v) is 0.164.